The van der Waals surface area contributed by atoms with Crippen LogP contribution >= 0.6 is 0 Å². The maximum atomic E-state index is 12.9. The van der Waals surface area contributed by atoms with E-state index in [-0.39, 0.29) is 11.7 Å². The van der Waals surface area contributed by atoms with Crippen molar-refractivity contribution >= 4 is 5.78 Å². The summed E-state index contributed by atoms with van der Waals surface area (Å²) in [4.78, 5) is 15.4. The van der Waals surface area contributed by atoms with Crippen molar-refractivity contribution in [2.24, 2.45) is 17.8 Å². The first-order valence-corrected chi connectivity index (χ1v) is 10.5. The van der Waals surface area contributed by atoms with Crippen LogP contribution in [0.5, 0.6) is 0 Å². The van der Waals surface area contributed by atoms with Gasteiger partial charge in [-0.3, -0.25) is 9.69 Å². The number of ketones is 1. The number of rotatable bonds is 7. The van der Waals surface area contributed by atoms with E-state index in [1.54, 1.807) is 0 Å². The van der Waals surface area contributed by atoms with E-state index in [0.717, 1.165) is 56.3 Å². The Morgan fingerprint density at radius 3 is 2.59 bits per heavy atom. The minimum absolute atomic E-state index is 0.0598. The summed E-state index contributed by atoms with van der Waals surface area (Å²) in [5.41, 5.74) is 1.77. The van der Waals surface area contributed by atoms with Gasteiger partial charge < -0.3 is 10.4 Å². The Hall–Kier alpha value is -1.49. The number of Topliss-reactive ketones (excluding diaryl/α,β-unsaturated/α-hetero) is 1. The van der Waals surface area contributed by atoms with Gasteiger partial charge in [0.1, 0.15) is 6.10 Å². The van der Waals surface area contributed by atoms with Crippen molar-refractivity contribution in [3.8, 4) is 0 Å². The molecule has 0 amide bonds. The van der Waals surface area contributed by atoms with Crippen LogP contribution < -0.4 is 5.32 Å². The van der Waals surface area contributed by atoms with E-state index in [4.69, 9.17) is 0 Å². The van der Waals surface area contributed by atoms with E-state index in [0.29, 0.717) is 17.6 Å². The van der Waals surface area contributed by atoms with E-state index < -0.39 is 6.10 Å². The molecule has 1 aromatic rings. The third-order valence-corrected chi connectivity index (χ3v) is 6.98. The number of hydrogen-bond acceptors (Lipinski definition) is 4. The molecule has 2 aliphatic carbocycles. The van der Waals surface area contributed by atoms with Gasteiger partial charge in [0, 0.05) is 43.2 Å². The number of piperidine rings is 1. The zero-order chi connectivity index (χ0) is 19.0. The Balaban J connectivity index is 1.40. The number of carbonyl (C=O) groups excluding carboxylic acids is 1. The number of benzene rings is 1. The third kappa shape index (κ3) is 3.75. The normalized spacial score (nSPS) is 34.1. The number of nitrogens with one attached hydrogen (secondary N) is 1. The van der Waals surface area contributed by atoms with Gasteiger partial charge >= 0.3 is 0 Å². The topological polar surface area (TPSA) is 52.6 Å². The molecular weight excluding hydrogens is 336 g/mol. The van der Waals surface area contributed by atoms with Crippen LogP contribution in [0.2, 0.25) is 0 Å². The molecule has 1 aliphatic heterocycles. The minimum Gasteiger partial charge on any atom is -0.385 e. The lowest BCUT2D eigenvalue weighted by Crippen LogP contribution is -2.49. The Kier molecular flexibility index (Phi) is 5.49. The van der Waals surface area contributed by atoms with Gasteiger partial charge in [0.25, 0.3) is 0 Å². The highest BCUT2D eigenvalue weighted by Gasteiger charge is 2.57. The third-order valence-electron chi connectivity index (χ3n) is 6.98. The summed E-state index contributed by atoms with van der Waals surface area (Å²) in [6.45, 7) is 8.89. The van der Waals surface area contributed by atoms with Gasteiger partial charge in [-0.15, -0.1) is 6.58 Å². The SMILES string of the molecule is C=CCNC1C2CN(C3CCCCC3C(O)C(=O)c3ccc(C)cc3)CC21. The summed E-state index contributed by atoms with van der Waals surface area (Å²) < 4.78 is 0. The van der Waals surface area contributed by atoms with Gasteiger partial charge in [0.15, 0.2) is 5.78 Å². The van der Waals surface area contributed by atoms with Crippen LogP contribution in [-0.2, 0) is 0 Å². The quantitative estimate of drug-likeness (QED) is 0.574. The summed E-state index contributed by atoms with van der Waals surface area (Å²) in [5.74, 6) is 1.42. The summed E-state index contributed by atoms with van der Waals surface area (Å²) >= 11 is 0. The van der Waals surface area contributed by atoms with Gasteiger partial charge in [0.2, 0.25) is 0 Å². The number of aliphatic hydroxyl groups is 1. The van der Waals surface area contributed by atoms with Gasteiger partial charge in [-0.1, -0.05) is 48.7 Å². The molecule has 1 saturated heterocycles. The lowest BCUT2D eigenvalue weighted by atomic mass is 9.78. The number of aryl methyl sites for hydroxylation is 1. The molecule has 0 bridgehead atoms. The fourth-order valence-electron chi connectivity index (χ4n) is 5.40. The van der Waals surface area contributed by atoms with Crippen LogP contribution in [0.1, 0.15) is 41.6 Å². The number of carbonyl (C=O) groups is 1. The smallest absolute Gasteiger partial charge is 0.191 e. The highest BCUT2D eigenvalue weighted by Crippen LogP contribution is 2.48. The maximum absolute atomic E-state index is 12.9. The number of nitrogens with zero attached hydrogens (tertiary/aromatic N) is 1. The molecule has 0 radical (unpaired) electrons. The van der Waals surface area contributed by atoms with Gasteiger partial charge in [-0.2, -0.15) is 0 Å². The predicted octanol–water partition coefficient (Wildman–Crippen LogP) is 2.80. The minimum atomic E-state index is -0.885. The molecule has 5 unspecified atom stereocenters. The van der Waals surface area contributed by atoms with Crippen molar-refractivity contribution in [1.82, 2.24) is 10.2 Å². The van der Waals surface area contributed by atoms with E-state index in [9.17, 15) is 9.90 Å². The van der Waals surface area contributed by atoms with Crippen molar-refractivity contribution in [3.05, 3.63) is 48.0 Å². The molecular formula is C23H32N2O2. The second-order valence-corrected chi connectivity index (χ2v) is 8.70. The highest BCUT2D eigenvalue weighted by molar-refractivity contribution is 5.99. The standard InChI is InChI=1S/C23H32N2O2/c1-3-12-24-21-18-13-25(14-19(18)21)20-7-5-4-6-17(20)23(27)22(26)16-10-8-15(2)9-11-16/h3,8-11,17-21,23-24,27H,1,4-7,12-14H2,2H3. The van der Waals surface area contributed by atoms with E-state index in [1.165, 1.54) is 6.42 Å². The summed E-state index contributed by atoms with van der Waals surface area (Å²) in [6, 6.07) is 8.57. The van der Waals surface area contributed by atoms with Crippen molar-refractivity contribution in [3.63, 3.8) is 0 Å². The van der Waals surface area contributed by atoms with Crippen molar-refractivity contribution in [1.29, 1.82) is 0 Å². The molecule has 2 saturated carbocycles. The lowest BCUT2D eigenvalue weighted by Gasteiger charge is -2.40. The molecule has 4 nitrogen and oxygen atoms in total. The first-order valence-electron chi connectivity index (χ1n) is 10.5. The largest absolute Gasteiger partial charge is 0.385 e. The highest BCUT2D eigenvalue weighted by atomic mass is 16.3. The Morgan fingerprint density at radius 1 is 1.26 bits per heavy atom. The number of aliphatic hydroxyl groups excluding tert-OH is 1. The Bertz CT molecular complexity index is 674. The van der Waals surface area contributed by atoms with Gasteiger partial charge in [-0.05, 0) is 31.6 Å². The van der Waals surface area contributed by atoms with Crippen molar-refractivity contribution in [2.45, 2.75) is 50.8 Å². The number of hydrogen-bond donors (Lipinski definition) is 2. The molecule has 5 atom stereocenters. The summed E-state index contributed by atoms with van der Waals surface area (Å²) in [5, 5.41) is 14.5. The maximum Gasteiger partial charge on any atom is 0.191 e. The molecule has 27 heavy (non-hydrogen) atoms. The van der Waals surface area contributed by atoms with Crippen LogP contribution in [0, 0.1) is 24.7 Å². The van der Waals surface area contributed by atoms with Crippen molar-refractivity contribution in [2.75, 3.05) is 19.6 Å². The van der Waals surface area contributed by atoms with Gasteiger partial charge in [0.05, 0.1) is 0 Å². The molecule has 146 valence electrons. The lowest BCUT2D eigenvalue weighted by molar-refractivity contribution is 0.0177. The van der Waals surface area contributed by atoms with E-state index >= 15 is 0 Å². The average Bonchev–Trinajstić information content (AvgIpc) is 3.14. The van der Waals surface area contributed by atoms with Crippen LogP contribution in [0.4, 0.5) is 0 Å². The summed E-state index contributed by atoms with van der Waals surface area (Å²) in [6.07, 6.45) is 5.42. The average molecular weight is 369 g/mol. The first kappa shape index (κ1) is 18.9. The van der Waals surface area contributed by atoms with Crippen LogP contribution in [-0.4, -0.2) is 53.6 Å². The van der Waals surface area contributed by atoms with Gasteiger partial charge in [-0.25, -0.2) is 0 Å². The zero-order valence-corrected chi connectivity index (χ0v) is 16.3. The fraction of sp³-hybridized carbons (Fsp3) is 0.609. The molecule has 1 heterocycles. The monoisotopic (exact) mass is 368 g/mol. The van der Waals surface area contributed by atoms with E-state index in [2.05, 4.69) is 16.8 Å². The molecule has 1 aromatic carbocycles. The molecule has 0 aromatic heterocycles. The second kappa shape index (κ2) is 7.86. The first-order chi connectivity index (χ1) is 13.1. The molecule has 4 rings (SSSR count). The zero-order valence-electron chi connectivity index (χ0n) is 16.3. The number of fused-ring (bicyclic) bond motifs is 1. The molecule has 3 aliphatic rings. The molecule has 3 fully saturated rings. The number of likely N-dealkylation sites (tertiary alicyclic amines) is 1. The second-order valence-electron chi connectivity index (χ2n) is 8.70. The van der Waals surface area contributed by atoms with Crippen molar-refractivity contribution < 1.29 is 9.90 Å². The van der Waals surface area contributed by atoms with E-state index in [1.807, 2.05) is 37.3 Å². The molecule has 2 N–H and O–H groups in total. The fourth-order valence-corrected chi connectivity index (χ4v) is 5.40. The van der Waals surface area contributed by atoms with Crippen LogP contribution in [0.15, 0.2) is 36.9 Å². The Morgan fingerprint density at radius 2 is 1.93 bits per heavy atom. The Labute approximate surface area is 162 Å². The molecule has 0 spiro atoms. The van der Waals surface area contributed by atoms with Crippen LogP contribution in [0.25, 0.3) is 0 Å². The molecule has 4 heteroatoms. The van der Waals surface area contributed by atoms with Crippen LogP contribution in [0.3, 0.4) is 0 Å². The summed E-state index contributed by atoms with van der Waals surface area (Å²) in [7, 11) is 0. The predicted molar refractivity (Wildman–Crippen MR) is 108 cm³/mol.